The quantitative estimate of drug-likeness (QED) is 0.335. The molecule has 2 aliphatic rings. The Labute approximate surface area is 254 Å². The van der Waals surface area contributed by atoms with E-state index in [9.17, 15) is 18.0 Å². The van der Waals surface area contributed by atoms with Gasteiger partial charge in [0.25, 0.3) is 0 Å². The number of nitrogens with one attached hydrogen (secondary N) is 2. The van der Waals surface area contributed by atoms with E-state index in [0.29, 0.717) is 36.5 Å². The van der Waals surface area contributed by atoms with E-state index < -0.39 is 22.1 Å². The van der Waals surface area contributed by atoms with Crippen LogP contribution in [0.5, 0.6) is 0 Å². The van der Waals surface area contributed by atoms with Gasteiger partial charge in [-0.05, 0) is 67.9 Å². The van der Waals surface area contributed by atoms with Gasteiger partial charge in [0.15, 0.2) is 0 Å². The minimum absolute atomic E-state index is 0.219. The maximum atomic E-state index is 14.1. The van der Waals surface area contributed by atoms with Crippen LogP contribution in [0.3, 0.4) is 0 Å². The molecule has 0 bridgehead atoms. The maximum absolute atomic E-state index is 14.1. The Bertz CT molecular complexity index is 1360. The third-order valence-electron chi connectivity index (χ3n) is 8.01. The van der Waals surface area contributed by atoms with Gasteiger partial charge in [0.1, 0.15) is 12.1 Å². The molecule has 228 valence electrons. The van der Waals surface area contributed by atoms with Crippen molar-refractivity contribution in [3.8, 4) is 0 Å². The number of likely N-dealkylation sites (tertiary alicyclic amines) is 2. The Morgan fingerprint density at radius 3 is 2.48 bits per heavy atom. The van der Waals surface area contributed by atoms with Crippen LogP contribution in [0.15, 0.2) is 60.3 Å². The Balaban J connectivity index is 1.52. The zero-order valence-corrected chi connectivity index (χ0v) is 25.8. The average Bonchev–Trinajstić information content (AvgIpc) is 3.48. The van der Waals surface area contributed by atoms with Crippen LogP contribution < -0.4 is 15.8 Å². The molecule has 2 saturated heterocycles. The lowest BCUT2D eigenvalue weighted by molar-refractivity contribution is -0.139. The predicted octanol–water partition coefficient (Wildman–Crippen LogP) is 3.67. The first kappa shape index (κ1) is 32.0. The van der Waals surface area contributed by atoms with Gasteiger partial charge in [-0.1, -0.05) is 54.1 Å². The normalized spacial score (nSPS) is 18.6. The lowest BCUT2D eigenvalue weighted by Crippen LogP contribution is -2.54. The van der Waals surface area contributed by atoms with Crippen molar-refractivity contribution in [2.75, 3.05) is 19.6 Å². The molecule has 2 amide bonds. The highest BCUT2D eigenvalue weighted by atomic mass is 35.5. The van der Waals surface area contributed by atoms with Gasteiger partial charge in [0.05, 0.1) is 5.75 Å². The molecule has 42 heavy (non-hydrogen) atoms. The summed E-state index contributed by atoms with van der Waals surface area (Å²) in [5.74, 6) is -0.900. The Hall–Kier alpha value is -2.92. The van der Waals surface area contributed by atoms with Crippen molar-refractivity contribution in [1.29, 1.82) is 0 Å². The molecule has 11 heteroatoms. The van der Waals surface area contributed by atoms with Crippen LogP contribution in [0, 0.1) is 0 Å². The number of hydrogen-bond acceptors (Lipinski definition) is 6. The number of sulfonamides is 1. The van der Waals surface area contributed by atoms with Crippen LogP contribution in [-0.2, 0) is 38.5 Å². The highest BCUT2D eigenvalue weighted by molar-refractivity contribution is 7.88. The van der Waals surface area contributed by atoms with E-state index in [4.69, 9.17) is 17.3 Å². The Morgan fingerprint density at radius 2 is 1.79 bits per heavy atom. The second-order valence-corrected chi connectivity index (χ2v) is 13.2. The highest BCUT2D eigenvalue weighted by Crippen LogP contribution is 2.24. The number of benzene rings is 2. The summed E-state index contributed by atoms with van der Waals surface area (Å²) in [6.45, 7) is 4.59. The van der Waals surface area contributed by atoms with E-state index in [0.717, 1.165) is 49.2 Å². The van der Waals surface area contributed by atoms with E-state index >= 15 is 0 Å². The Morgan fingerprint density at radius 1 is 1.05 bits per heavy atom. The van der Waals surface area contributed by atoms with Crippen LogP contribution >= 0.6 is 11.6 Å². The fraction of sp³-hybridized carbons (Fsp3) is 0.484. The van der Waals surface area contributed by atoms with Gasteiger partial charge >= 0.3 is 0 Å². The van der Waals surface area contributed by atoms with Crippen molar-refractivity contribution in [1.82, 2.24) is 19.8 Å². The number of piperidine rings is 1. The summed E-state index contributed by atoms with van der Waals surface area (Å²) in [5.41, 5.74) is 9.12. The number of halogens is 1. The van der Waals surface area contributed by atoms with Crippen LogP contribution in [0.4, 0.5) is 0 Å². The Kier molecular flexibility index (Phi) is 11.4. The predicted molar refractivity (Wildman–Crippen MR) is 166 cm³/mol. The van der Waals surface area contributed by atoms with E-state index in [2.05, 4.69) is 14.9 Å². The fourth-order valence-electron chi connectivity index (χ4n) is 5.81. The van der Waals surface area contributed by atoms with Gasteiger partial charge in [-0.25, -0.2) is 13.1 Å². The van der Waals surface area contributed by atoms with Gasteiger partial charge in [-0.2, -0.15) is 0 Å². The smallest absolute Gasteiger partial charge is 0.243 e. The van der Waals surface area contributed by atoms with E-state index in [1.165, 1.54) is 4.90 Å². The molecule has 2 aliphatic heterocycles. The largest absolute Gasteiger partial charge is 0.375 e. The summed E-state index contributed by atoms with van der Waals surface area (Å²) in [6, 6.07) is 12.5. The highest BCUT2D eigenvalue weighted by Gasteiger charge is 2.39. The molecule has 4 N–H and O–H groups in total. The molecule has 9 nitrogen and oxygen atoms in total. The molecule has 2 aromatic rings. The summed E-state index contributed by atoms with van der Waals surface area (Å²) in [4.78, 5) is 31.2. The lowest BCUT2D eigenvalue weighted by atomic mass is 10.0. The minimum Gasteiger partial charge on any atom is -0.375 e. The fourth-order valence-corrected chi connectivity index (χ4v) is 7.34. The van der Waals surface area contributed by atoms with E-state index in [1.54, 1.807) is 36.4 Å². The van der Waals surface area contributed by atoms with Gasteiger partial charge in [0.2, 0.25) is 21.8 Å². The summed E-state index contributed by atoms with van der Waals surface area (Å²) >= 11 is 6.16. The van der Waals surface area contributed by atoms with Crippen LogP contribution in [-0.4, -0.2) is 61.7 Å². The molecule has 0 spiro atoms. The topological polar surface area (TPSA) is 125 Å². The second-order valence-electron chi connectivity index (χ2n) is 11.0. The molecular weight excluding hydrogens is 574 g/mol. The molecule has 2 heterocycles. The van der Waals surface area contributed by atoms with Gasteiger partial charge in [-0.3, -0.25) is 9.59 Å². The maximum Gasteiger partial charge on any atom is 0.243 e. The summed E-state index contributed by atoms with van der Waals surface area (Å²) < 4.78 is 29.4. The minimum atomic E-state index is -3.86. The number of nitrogens with two attached hydrogens (primary N) is 1. The zero-order chi connectivity index (χ0) is 30.1. The van der Waals surface area contributed by atoms with Crippen LogP contribution in [0.25, 0.3) is 0 Å². The lowest BCUT2D eigenvalue weighted by Gasteiger charge is -2.34. The standard InChI is InChI=1S/C31H42ClN5O4S/c1-2-27(36-15-7-4-8-16-36)19-28(35-42(40,41)22-23-10-5-3-6-11-23)31(39)37-17-9-12-29(37)30(38)34-21-25-18-26(32)14-13-24(25)20-33/h2-3,5-6,10-11,13-14,18,28-29,35H,4,7-9,12,15-17,19-22,33H2,1H3,(H,34,38)/b27-2-/t28?,29-/m0/s1. The van der Waals surface area contributed by atoms with Crippen LogP contribution in [0.2, 0.25) is 5.02 Å². The summed E-state index contributed by atoms with van der Waals surface area (Å²) in [7, 11) is -3.86. The molecular formula is C31H42ClN5O4S. The number of hydrogen-bond donors (Lipinski definition) is 3. The van der Waals surface area contributed by atoms with Crippen molar-refractivity contribution in [2.45, 2.75) is 76.4 Å². The van der Waals surface area contributed by atoms with Crippen LogP contribution in [0.1, 0.15) is 62.1 Å². The molecule has 0 aliphatic carbocycles. The number of rotatable bonds is 12. The van der Waals surface area contributed by atoms with Gasteiger partial charge in [0, 0.05) is 49.9 Å². The van der Waals surface area contributed by atoms with Crippen molar-refractivity contribution >= 4 is 33.4 Å². The third kappa shape index (κ3) is 8.56. The molecule has 1 unspecified atom stereocenters. The average molecular weight is 616 g/mol. The number of allylic oxidation sites excluding steroid dienone is 1. The number of carbonyl (C=O) groups excluding carboxylic acids is 2. The number of nitrogens with zero attached hydrogens (tertiary/aromatic N) is 2. The molecule has 0 radical (unpaired) electrons. The summed E-state index contributed by atoms with van der Waals surface area (Å²) in [5, 5.41) is 3.50. The first-order valence-electron chi connectivity index (χ1n) is 14.7. The third-order valence-corrected chi connectivity index (χ3v) is 9.60. The molecule has 2 aromatic carbocycles. The molecule has 2 fully saturated rings. The molecule has 2 atom stereocenters. The van der Waals surface area contributed by atoms with Crippen molar-refractivity contribution in [2.24, 2.45) is 5.73 Å². The SMILES string of the molecule is C/C=C(/CC(NS(=O)(=O)Cc1ccccc1)C(=O)N1CCC[C@H]1C(=O)NCc1cc(Cl)ccc1CN)N1CCCCC1. The number of carbonyl (C=O) groups is 2. The van der Waals surface area contributed by atoms with E-state index in [1.807, 2.05) is 25.1 Å². The van der Waals surface area contributed by atoms with Crippen molar-refractivity contribution in [3.63, 3.8) is 0 Å². The number of amides is 2. The van der Waals surface area contributed by atoms with Gasteiger partial charge < -0.3 is 20.9 Å². The zero-order valence-electron chi connectivity index (χ0n) is 24.2. The molecule has 0 saturated carbocycles. The molecule has 0 aromatic heterocycles. The van der Waals surface area contributed by atoms with Gasteiger partial charge in [-0.15, -0.1) is 0 Å². The monoisotopic (exact) mass is 615 g/mol. The first-order chi connectivity index (χ1) is 20.2. The van der Waals surface area contributed by atoms with Crippen molar-refractivity contribution in [3.05, 3.63) is 82.0 Å². The second kappa shape index (κ2) is 15.0. The van der Waals surface area contributed by atoms with E-state index in [-0.39, 0.29) is 30.5 Å². The molecule has 4 rings (SSSR count). The van der Waals surface area contributed by atoms with Crippen molar-refractivity contribution < 1.29 is 18.0 Å². The summed E-state index contributed by atoms with van der Waals surface area (Å²) in [6.07, 6.45) is 6.61. The first-order valence-corrected chi connectivity index (χ1v) is 16.7.